The maximum Gasteiger partial charge on any atom is 0.223 e. The van der Waals surface area contributed by atoms with Crippen molar-refractivity contribution in [1.82, 2.24) is 10.2 Å². The molecular formula is C15H21N3OS. The molecule has 1 aromatic rings. The number of hydrogen-bond acceptors (Lipinski definition) is 3. The Morgan fingerprint density at radius 1 is 1.40 bits per heavy atom. The van der Waals surface area contributed by atoms with Crippen LogP contribution >= 0.6 is 11.8 Å². The number of amides is 1. The summed E-state index contributed by atoms with van der Waals surface area (Å²) < 4.78 is 0. The first-order valence-corrected chi connectivity index (χ1v) is 7.81. The molecule has 1 saturated heterocycles. The first-order valence-electron chi connectivity index (χ1n) is 6.83. The molecule has 1 aliphatic heterocycles. The van der Waals surface area contributed by atoms with Crippen molar-refractivity contribution in [3.05, 3.63) is 35.9 Å². The normalized spacial score (nSPS) is 19.9. The summed E-state index contributed by atoms with van der Waals surface area (Å²) in [5.41, 5.74) is 1.34. The molecule has 1 fully saturated rings. The van der Waals surface area contributed by atoms with E-state index in [9.17, 15) is 4.79 Å². The van der Waals surface area contributed by atoms with E-state index in [-0.39, 0.29) is 5.91 Å². The second-order valence-corrected chi connectivity index (χ2v) is 6.08. The highest BCUT2D eigenvalue weighted by atomic mass is 32.2. The predicted octanol–water partition coefficient (Wildman–Crippen LogP) is 1.77. The molecule has 1 aromatic carbocycles. The topological polar surface area (TPSA) is 44.7 Å². The first-order chi connectivity index (χ1) is 9.65. The van der Waals surface area contributed by atoms with E-state index in [1.807, 2.05) is 6.07 Å². The molecule has 1 amide bonds. The summed E-state index contributed by atoms with van der Waals surface area (Å²) in [7, 11) is 3.54. The molecule has 0 bridgehead atoms. The molecule has 2 rings (SSSR count). The molecule has 0 aromatic heterocycles. The SMILES string of the molecule is CN(C)C(=O)CCN=C1NC(Cc2ccccc2)CS1. The van der Waals surface area contributed by atoms with Crippen LogP contribution in [0.3, 0.4) is 0 Å². The lowest BCUT2D eigenvalue weighted by molar-refractivity contribution is -0.128. The van der Waals surface area contributed by atoms with Gasteiger partial charge in [-0.1, -0.05) is 42.1 Å². The van der Waals surface area contributed by atoms with E-state index >= 15 is 0 Å². The zero-order chi connectivity index (χ0) is 14.4. The van der Waals surface area contributed by atoms with Gasteiger partial charge in [0.1, 0.15) is 0 Å². The average Bonchev–Trinajstić information content (AvgIpc) is 2.87. The molecular weight excluding hydrogens is 270 g/mol. The van der Waals surface area contributed by atoms with E-state index in [1.54, 1.807) is 30.8 Å². The van der Waals surface area contributed by atoms with Crippen molar-refractivity contribution in [1.29, 1.82) is 0 Å². The number of nitrogens with zero attached hydrogens (tertiary/aromatic N) is 2. The van der Waals surface area contributed by atoms with Gasteiger partial charge in [0.05, 0.1) is 6.54 Å². The predicted molar refractivity (Wildman–Crippen MR) is 85.1 cm³/mol. The van der Waals surface area contributed by atoms with Gasteiger partial charge < -0.3 is 10.2 Å². The lowest BCUT2D eigenvalue weighted by Gasteiger charge is -2.10. The van der Waals surface area contributed by atoms with Gasteiger partial charge in [-0.3, -0.25) is 9.79 Å². The number of hydrogen-bond donors (Lipinski definition) is 1. The summed E-state index contributed by atoms with van der Waals surface area (Å²) in [6.07, 6.45) is 1.49. The van der Waals surface area contributed by atoms with Gasteiger partial charge in [0.25, 0.3) is 0 Å². The van der Waals surface area contributed by atoms with Crippen molar-refractivity contribution in [2.45, 2.75) is 18.9 Å². The minimum Gasteiger partial charge on any atom is -0.361 e. The quantitative estimate of drug-likeness (QED) is 0.899. The monoisotopic (exact) mass is 291 g/mol. The molecule has 1 unspecified atom stereocenters. The fourth-order valence-electron chi connectivity index (χ4n) is 2.01. The van der Waals surface area contributed by atoms with Crippen LogP contribution in [0.5, 0.6) is 0 Å². The van der Waals surface area contributed by atoms with Gasteiger partial charge in [0.2, 0.25) is 5.91 Å². The van der Waals surface area contributed by atoms with Gasteiger partial charge in [-0.25, -0.2) is 0 Å². The zero-order valence-electron chi connectivity index (χ0n) is 12.0. The second kappa shape index (κ2) is 7.33. The van der Waals surface area contributed by atoms with Gasteiger partial charge in [-0.2, -0.15) is 0 Å². The number of thioether (sulfide) groups is 1. The number of carbonyl (C=O) groups is 1. The molecule has 0 saturated carbocycles. The molecule has 1 aliphatic rings. The summed E-state index contributed by atoms with van der Waals surface area (Å²) >= 11 is 1.74. The van der Waals surface area contributed by atoms with Crippen LogP contribution < -0.4 is 5.32 Å². The standard InChI is InChI=1S/C15H21N3OS/c1-18(2)14(19)8-9-16-15-17-13(11-20-15)10-12-6-4-3-5-7-12/h3-7,13H,8-11H2,1-2H3,(H,16,17). The van der Waals surface area contributed by atoms with E-state index in [4.69, 9.17) is 0 Å². The van der Waals surface area contributed by atoms with Crippen LogP contribution in [0.2, 0.25) is 0 Å². The molecule has 1 heterocycles. The van der Waals surface area contributed by atoms with Crippen molar-refractivity contribution < 1.29 is 4.79 Å². The molecule has 108 valence electrons. The van der Waals surface area contributed by atoms with E-state index < -0.39 is 0 Å². The Balaban J connectivity index is 1.76. The van der Waals surface area contributed by atoms with Gasteiger partial charge in [-0.15, -0.1) is 0 Å². The Morgan fingerprint density at radius 2 is 2.15 bits per heavy atom. The molecule has 1 N–H and O–H groups in total. The van der Waals surface area contributed by atoms with E-state index in [2.05, 4.69) is 34.6 Å². The molecule has 0 radical (unpaired) electrons. The third kappa shape index (κ3) is 4.56. The van der Waals surface area contributed by atoms with Gasteiger partial charge >= 0.3 is 0 Å². The maximum atomic E-state index is 11.5. The molecule has 20 heavy (non-hydrogen) atoms. The molecule has 1 atom stereocenters. The Kier molecular flexibility index (Phi) is 5.47. The number of rotatable bonds is 5. The maximum absolute atomic E-state index is 11.5. The molecule has 5 heteroatoms. The van der Waals surface area contributed by atoms with Crippen molar-refractivity contribution in [2.24, 2.45) is 4.99 Å². The Labute approximate surface area is 124 Å². The summed E-state index contributed by atoms with van der Waals surface area (Å²) in [4.78, 5) is 17.5. The number of aliphatic imine (C=N–C) groups is 1. The van der Waals surface area contributed by atoms with E-state index in [1.165, 1.54) is 5.56 Å². The van der Waals surface area contributed by atoms with E-state index in [0.717, 1.165) is 17.3 Å². The van der Waals surface area contributed by atoms with Crippen LogP contribution in [0.4, 0.5) is 0 Å². The number of amidine groups is 1. The average molecular weight is 291 g/mol. The second-order valence-electron chi connectivity index (χ2n) is 5.07. The third-order valence-electron chi connectivity index (χ3n) is 3.15. The Hall–Kier alpha value is -1.49. The van der Waals surface area contributed by atoms with Gasteiger partial charge in [0, 0.05) is 32.3 Å². The Bertz CT molecular complexity index is 473. The Morgan fingerprint density at radius 3 is 2.85 bits per heavy atom. The molecule has 0 aliphatic carbocycles. The van der Waals surface area contributed by atoms with Crippen LogP contribution in [0.25, 0.3) is 0 Å². The zero-order valence-corrected chi connectivity index (χ0v) is 12.8. The fourth-order valence-corrected chi connectivity index (χ4v) is 3.01. The summed E-state index contributed by atoms with van der Waals surface area (Å²) in [6.45, 7) is 0.560. The van der Waals surface area contributed by atoms with E-state index in [0.29, 0.717) is 19.0 Å². The lowest BCUT2D eigenvalue weighted by Crippen LogP contribution is -2.29. The number of carbonyl (C=O) groups excluding carboxylic acids is 1. The van der Waals surface area contributed by atoms with Crippen LogP contribution in [0, 0.1) is 0 Å². The van der Waals surface area contributed by atoms with Crippen molar-refractivity contribution in [3.8, 4) is 0 Å². The highest BCUT2D eigenvalue weighted by Crippen LogP contribution is 2.17. The minimum absolute atomic E-state index is 0.123. The number of benzene rings is 1. The smallest absolute Gasteiger partial charge is 0.223 e. The van der Waals surface area contributed by atoms with Crippen LogP contribution in [0.1, 0.15) is 12.0 Å². The summed E-state index contributed by atoms with van der Waals surface area (Å²) in [5, 5.41) is 4.40. The highest BCUT2D eigenvalue weighted by molar-refractivity contribution is 8.14. The van der Waals surface area contributed by atoms with Crippen LogP contribution in [0.15, 0.2) is 35.3 Å². The van der Waals surface area contributed by atoms with Crippen LogP contribution in [-0.2, 0) is 11.2 Å². The largest absolute Gasteiger partial charge is 0.361 e. The number of nitrogens with one attached hydrogen (secondary N) is 1. The third-order valence-corrected chi connectivity index (χ3v) is 4.24. The molecule has 4 nitrogen and oxygen atoms in total. The van der Waals surface area contributed by atoms with Crippen molar-refractivity contribution in [3.63, 3.8) is 0 Å². The fraction of sp³-hybridized carbons (Fsp3) is 0.467. The lowest BCUT2D eigenvalue weighted by atomic mass is 10.1. The molecule has 0 spiro atoms. The highest BCUT2D eigenvalue weighted by Gasteiger charge is 2.20. The van der Waals surface area contributed by atoms with Gasteiger partial charge in [-0.05, 0) is 12.0 Å². The van der Waals surface area contributed by atoms with Crippen molar-refractivity contribution in [2.75, 3.05) is 26.4 Å². The van der Waals surface area contributed by atoms with Crippen molar-refractivity contribution >= 4 is 22.8 Å². The minimum atomic E-state index is 0.123. The first kappa shape index (κ1) is 14.9. The van der Waals surface area contributed by atoms with Gasteiger partial charge in [0.15, 0.2) is 5.17 Å². The summed E-state index contributed by atoms with van der Waals surface area (Å²) in [5.74, 6) is 1.16. The summed E-state index contributed by atoms with van der Waals surface area (Å²) in [6, 6.07) is 10.9. The van der Waals surface area contributed by atoms with Crippen LogP contribution in [-0.4, -0.2) is 48.4 Å².